The predicted octanol–water partition coefficient (Wildman–Crippen LogP) is 6.16. The fourth-order valence-electron chi connectivity index (χ4n) is 2.60. The highest BCUT2D eigenvalue weighted by Crippen LogP contribution is 2.09. The summed E-state index contributed by atoms with van der Waals surface area (Å²) in [4.78, 5) is 23.2. The van der Waals surface area contributed by atoms with Crippen molar-refractivity contribution in [2.75, 3.05) is 6.61 Å². The van der Waals surface area contributed by atoms with Crippen molar-refractivity contribution in [2.24, 2.45) is 0 Å². The summed E-state index contributed by atoms with van der Waals surface area (Å²) >= 11 is 0. The number of ketones is 1. The third kappa shape index (κ3) is 17.2. The van der Waals surface area contributed by atoms with Gasteiger partial charge in [0.2, 0.25) is 0 Å². The van der Waals surface area contributed by atoms with Gasteiger partial charge in [-0.15, -0.1) is 0 Å². The van der Waals surface area contributed by atoms with Crippen molar-refractivity contribution in [3.8, 4) is 0 Å². The second-order valence-corrected chi connectivity index (χ2v) is 6.61. The first-order chi connectivity index (χ1) is 11.7. The van der Waals surface area contributed by atoms with Gasteiger partial charge in [0.05, 0.1) is 6.61 Å². The van der Waals surface area contributed by atoms with Crippen molar-refractivity contribution < 1.29 is 14.3 Å². The largest absolute Gasteiger partial charge is 0.463 e. The Labute approximate surface area is 149 Å². The molecule has 0 atom stereocenters. The topological polar surface area (TPSA) is 43.4 Å². The normalized spacial score (nSPS) is 11.1. The van der Waals surface area contributed by atoms with E-state index < -0.39 is 5.97 Å². The zero-order chi connectivity index (χ0) is 17.9. The lowest BCUT2D eigenvalue weighted by atomic mass is 10.1. The first kappa shape index (κ1) is 22.9. The molecular weight excluding hydrogens is 300 g/mol. The molecule has 0 rings (SSSR count). The van der Waals surface area contributed by atoms with Crippen molar-refractivity contribution >= 4 is 11.8 Å². The summed E-state index contributed by atoms with van der Waals surface area (Å²) in [7, 11) is 0. The molecule has 0 fully saturated rings. The van der Waals surface area contributed by atoms with Crippen LogP contribution in [0.5, 0.6) is 0 Å². The van der Waals surface area contributed by atoms with E-state index in [1.165, 1.54) is 69.9 Å². The number of unbranched alkanes of at least 4 members (excludes halogenated alkanes) is 11. The van der Waals surface area contributed by atoms with Crippen LogP contribution in [0.2, 0.25) is 0 Å². The minimum Gasteiger partial charge on any atom is -0.463 e. The standard InChI is InChI=1S/C21H38O3/c1-3-5-7-9-11-12-14-16-20(22)17-18-21(23)24-19-15-13-10-8-6-4-2/h17-18H,3-16,19H2,1-2H3/b18-17-. The molecule has 3 nitrogen and oxygen atoms in total. The Morgan fingerprint density at radius 3 is 1.75 bits per heavy atom. The predicted molar refractivity (Wildman–Crippen MR) is 101 cm³/mol. The lowest BCUT2D eigenvalue weighted by Gasteiger charge is -2.02. The number of ether oxygens (including phenoxy) is 1. The molecule has 3 heteroatoms. The first-order valence-electron chi connectivity index (χ1n) is 10.1. The van der Waals surface area contributed by atoms with Gasteiger partial charge < -0.3 is 4.74 Å². The molecule has 0 spiro atoms. The van der Waals surface area contributed by atoms with Crippen LogP contribution in [0.3, 0.4) is 0 Å². The molecule has 0 N–H and O–H groups in total. The van der Waals surface area contributed by atoms with Gasteiger partial charge in [-0.05, 0) is 18.9 Å². The van der Waals surface area contributed by atoms with Gasteiger partial charge in [-0.1, -0.05) is 84.5 Å². The number of hydrogen-bond donors (Lipinski definition) is 0. The molecule has 140 valence electrons. The molecule has 0 aromatic carbocycles. The van der Waals surface area contributed by atoms with Gasteiger partial charge in [-0.25, -0.2) is 4.79 Å². The Hall–Kier alpha value is -1.12. The highest BCUT2D eigenvalue weighted by atomic mass is 16.5. The molecule has 0 heterocycles. The molecular formula is C21H38O3. The number of rotatable bonds is 17. The van der Waals surface area contributed by atoms with E-state index in [1.807, 2.05) is 0 Å². The fraction of sp³-hybridized carbons (Fsp3) is 0.810. The van der Waals surface area contributed by atoms with Gasteiger partial charge in [-0.2, -0.15) is 0 Å². The van der Waals surface area contributed by atoms with Crippen LogP contribution >= 0.6 is 0 Å². The van der Waals surface area contributed by atoms with E-state index in [2.05, 4.69) is 13.8 Å². The van der Waals surface area contributed by atoms with Crippen molar-refractivity contribution in [1.82, 2.24) is 0 Å². The van der Waals surface area contributed by atoms with Crippen LogP contribution in [-0.4, -0.2) is 18.4 Å². The molecule has 0 aromatic rings. The van der Waals surface area contributed by atoms with E-state index in [4.69, 9.17) is 4.74 Å². The minimum absolute atomic E-state index is 0.0278. The molecule has 0 bridgehead atoms. The summed E-state index contributed by atoms with van der Waals surface area (Å²) in [6, 6.07) is 0. The van der Waals surface area contributed by atoms with Crippen LogP contribution in [0.1, 0.15) is 104 Å². The Bertz CT molecular complexity index is 302. The number of carbonyl (C=O) groups excluding carboxylic acids is 2. The SMILES string of the molecule is CCCCCCCCCC(=O)/C=C\C(=O)OCCCCCCCC. The zero-order valence-electron chi connectivity index (χ0n) is 16.0. The number of hydrogen-bond acceptors (Lipinski definition) is 3. The Balaban J connectivity index is 3.48. The van der Waals surface area contributed by atoms with Crippen LogP contribution < -0.4 is 0 Å². The van der Waals surface area contributed by atoms with Gasteiger partial charge >= 0.3 is 5.97 Å². The summed E-state index contributed by atoms with van der Waals surface area (Å²) in [6.07, 6.45) is 18.6. The molecule has 0 aromatic heterocycles. The van der Waals surface area contributed by atoms with Gasteiger partial charge in [0.15, 0.2) is 5.78 Å². The average Bonchev–Trinajstić information content (AvgIpc) is 2.58. The van der Waals surface area contributed by atoms with Gasteiger partial charge in [0.1, 0.15) is 0 Å². The Morgan fingerprint density at radius 1 is 0.667 bits per heavy atom. The van der Waals surface area contributed by atoms with Gasteiger partial charge in [-0.3, -0.25) is 4.79 Å². The molecule has 24 heavy (non-hydrogen) atoms. The second kappa shape index (κ2) is 18.2. The molecule has 0 aliphatic rings. The van der Waals surface area contributed by atoms with Crippen LogP contribution in [0.4, 0.5) is 0 Å². The van der Waals surface area contributed by atoms with E-state index in [-0.39, 0.29) is 5.78 Å². The maximum atomic E-state index is 11.7. The summed E-state index contributed by atoms with van der Waals surface area (Å²) in [5, 5.41) is 0. The summed E-state index contributed by atoms with van der Waals surface area (Å²) < 4.78 is 5.10. The number of carbonyl (C=O) groups is 2. The van der Waals surface area contributed by atoms with E-state index in [0.29, 0.717) is 13.0 Å². The Morgan fingerprint density at radius 2 is 1.17 bits per heavy atom. The molecule has 0 unspecified atom stereocenters. The summed E-state index contributed by atoms with van der Waals surface area (Å²) in [6.45, 7) is 4.87. The summed E-state index contributed by atoms with van der Waals surface area (Å²) in [5.74, 6) is -0.364. The van der Waals surface area contributed by atoms with E-state index in [1.54, 1.807) is 0 Å². The highest BCUT2D eigenvalue weighted by Gasteiger charge is 2.01. The van der Waals surface area contributed by atoms with Crippen LogP contribution in [0.15, 0.2) is 12.2 Å². The van der Waals surface area contributed by atoms with Crippen molar-refractivity contribution in [3.63, 3.8) is 0 Å². The number of esters is 1. The van der Waals surface area contributed by atoms with E-state index >= 15 is 0 Å². The fourth-order valence-corrected chi connectivity index (χ4v) is 2.60. The van der Waals surface area contributed by atoms with E-state index in [0.717, 1.165) is 25.7 Å². The second-order valence-electron chi connectivity index (χ2n) is 6.61. The van der Waals surface area contributed by atoms with E-state index in [9.17, 15) is 9.59 Å². The average molecular weight is 339 g/mol. The van der Waals surface area contributed by atoms with Crippen LogP contribution in [-0.2, 0) is 14.3 Å². The maximum absolute atomic E-state index is 11.7. The zero-order valence-corrected chi connectivity index (χ0v) is 16.0. The van der Waals surface area contributed by atoms with Crippen LogP contribution in [0, 0.1) is 0 Å². The summed E-state index contributed by atoms with van der Waals surface area (Å²) in [5.41, 5.74) is 0. The smallest absolute Gasteiger partial charge is 0.330 e. The lowest BCUT2D eigenvalue weighted by Crippen LogP contribution is -2.03. The van der Waals surface area contributed by atoms with Gasteiger partial charge in [0.25, 0.3) is 0 Å². The maximum Gasteiger partial charge on any atom is 0.330 e. The Kier molecular flexibility index (Phi) is 17.4. The molecule has 0 aliphatic carbocycles. The van der Waals surface area contributed by atoms with Crippen molar-refractivity contribution in [1.29, 1.82) is 0 Å². The first-order valence-corrected chi connectivity index (χ1v) is 10.1. The minimum atomic E-state index is -0.392. The molecule has 0 amide bonds. The molecule has 0 radical (unpaired) electrons. The quantitative estimate of drug-likeness (QED) is 0.181. The molecule has 0 saturated heterocycles. The number of allylic oxidation sites excluding steroid dienone is 1. The monoisotopic (exact) mass is 338 g/mol. The lowest BCUT2D eigenvalue weighted by molar-refractivity contribution is -0.138. The highest BCUT2D eigenvalue weighted by molar-refractivity contribution is 5.95. The third-order valence-corrected chi connectivity index (χ3v) is 4.17. The molecule has 0 saturated carbocycles. The van der Waals surface area contributed by atoms with Crippen molar-refractivity contribution in [3.05, 3.63) is 12.2 Å². The third-order valence-electron chi connectivity index (χ3n) is 4.17. The van der Waals surface area contributed by atoms with Crippen molar-refractivity contribution in [2.45, 2.75) is 104 Å². The van der Waals surface area contributed by atoms with Gasteiger partial charge in [0, 0.05) is 12.5 Å². The van der Waals surface area contributed by atoms with Crippen LogP contribution in [0.25, 0.3) is 0 Å². The molecule has 0 aliphatic heterocycles.